The zero-order chi connectivity index (χ0) is 10.6. The van der Waals surface area contributed by atoms with E-state index < -0.39 is 16.6 Å². The number of nitrogens with zero attached hydrogens (tertiary/aromatic N) is 2. The lowest BCUT2D eigenvalue weighted by atomic mass is 10.3. The van der Waals surface area contributed by atoms with E-state index in [1.54, 1.807) is 5.40 Å². The first-order valence-electron chi connectivity index (χ1n) is 3.43. The van der Waals surface area contributed by atoms with Crippen LogP contribution in [0.1, 0.15) is 10.6 Å². The van der Waals surface area contributed by atoms with Gasteiger partial charge in [0.25, 0.3) is 0 Å². The molecule has 6 nitrogen and oxygen atoms in total. The molecular weight excluding hydrogens is 208 g/mol. The average molecular weight is 212 g/mol. The summed E-state index contributed by atoms with van der Waals surface area (Å²) in [4.78, 5) is 20.6. The number of rotatable bonds is 4. The Morgan fingerprint density at radius 3 is 2.93 bits per heavy atom. The SMILES string of the molecule is N#CSCC(=O)c1ccc([N+](=O)[O-])o1. The summed E-state index contributed by atoms with van der Waals surface area (Å²) in [6.45, 7) is 0. The first kappa shape index (κ1) is 10.3. The van der Waals surface area contributed by atoms with Crippen LogP contribution in [0.2, 0.25) is 0 Å². The van der Waals surface area contributed by atoms with Crippen LogP contribution in [0.25, 0.3) is 0 Å². The highest BCUT2D eigenvalue weighted by molar-refractivity contribution is 8.04. The molecule has 0 aromatic carbocycles. The fraction of sp³-hybridized carbons (Fsp3) is 0.143. The number of thiocyanates is 1. The van der Waals surface area contributed by atoms with Gasteiger partial charge in [-0.15, -0.1) is 0 Å². The number of Topliss-reactive ketones (excluding diaryl/α,β-unsaturated/α-hetero) is 1. The normalized spacial score (nSPS) is 9.36. The van der Waals surface area contributed by atoms with Crippen LogP contribution in [-0.4, -0.2) is 16.5 Å². The molecule has 0 aliphatic carbocycles. The minimum atomic E-state index is -0.728. The Kier molecular flexibility index (Phi) is 3.25. The number of nitro groups is 1. The maximum atomic E-state index is 11.2. The third kappa shape index (κ3) is 2.34. The summed E-state index contributed by atoms with van der Waals surface area (Å²) >= 11 is 0.755. The summed E-state index contributed by atoms with van der Waals surface area (Å²) in [5.74, 6) is -1.08. The Balaban J connectivity index is 2.72. The van der Waals surface area contributed by atoms with Crippen LogP contribution in [0.5, 0.6) is 0 Å². The molecule has 1 heterocycles. The molecule has 7 heteroatoms. The second-order valence-corrected chi connectivity index (χ2v) is 2.96. The average Bonchev–Trinajstić information content (AvgIpc) is 2.62. The molecule has 0 atom stereocenters. The van der Waals surface area contributed by atoms with Gasteiger partial charge >= 0.3 is 5.88 Å². The van der Waals surface area contributed by atoms with Crippen molar-refractivity contribution in [2.24, 2.45) is 0 Å². The van der Waals surface area contributed by atoms with Gasteiger partial charge in [-0.1, -0.05) is 0 Å². The molecule has 1 aromatic heterocycles. The molecule has 0 N–H and O–H groups in total. The molecule has 0 amide bonds. The zero-order valence-electron chi connectivity index (χ0n) is 6.80. The van der Waals surface area contributed by atoms with Crippen LogP contribution in [-0.2, 0) is 0 Å². The Hall–Kier alpha value is -1.81. The molecule has 0 bridgehead atoms. The fourth-order valence-electron chi connectivity index (χ4n) is 0.745. The van der Waals surface area contributed by atoms with E-state index in [9.17, 15) is 14.9 Å². The molecule has 0 aliphatic rings. The predicted molar refractivity (Wildman–Crippen MR) is 47.8 cm³/mol. The molecule has 14 heavy (non-hydrogen) atoms. The van der Waals surface area contributed by atoms with E-state index in [4.69, 9.17) is 5.26 Å². The maximum absolute atomic E-state index is 11.2. The van der Waals surface area contributed by atoms with Crippen molar-refractivity contribution in [3.63, 3.8) is 0 Å². The van der Waals surface area contributed by atoms with Gasteiger partial charge < -0.3 is 4.42 Å². The van der Waals surface area contributed by atoms with Gasteiger partial charge in [-0.05, 0) is 17.8 Å². The summed E-state index contributed by atoms with van der Waals surface area (Å²) in [6, 6.07) is 2.32. The smallest absolute Gasteiger partial charge is 0.397 e. The third-order valence-corrected chi connectivity index (χ3v) is 1.85. The van der Waals surface area contributed by atoms with E-state index >= 15 is 0 Å². The van der Waals surface area contributed by atoms with Gasteiger partial charge in [-0.2, -0.15) is 5.26 Å². The lowest BCUT2D eigenvalue weighted by molar-refractivity contribution is -0.402. The minimum Gasteiger partial charge on any atom is -0.397 e. The van der Waals surface area contributed by atoms with Crippen LogP contribution in [0, 0.1) is 20.8 Å². The van der Waals surface area contributed by atoms with Gasteiger partial charge in [0, 0.05) is 0 Å². The summed E-state index contributed by atoms with van der Waals surface area (Å²) in [5, 5.41) is 20.1. The number of ketones is 1. The van der Waals surface area contributed by atoms with Crippen LogP contribution in [0.15, 0.2) is 16.5 Å². The Labute approximate surface area is 82.7 Å². The lowest BCUT2D eigenvalue weighted by Gasteiger charge is -1.89. The van der Waals surface area contributed by atoms with Crippen molar-refractivity contribution in [2.75, 3.05) is 5.75 Å². The van der Waals surface area contributed by atoms with Crippen LogP contribution in [0.3, 0.4) is 0 Å². The zero-order valence-corrected chi connectivity index (χ0v) is 7.61. The number of carbonyl (C=O) groups excluding carboxylic acids is 1. The van der Waals surface area contributed by atoms with Gasteiger partial charge in [0.15, 0.2) is 5.76 Å². The molecule has 1 rings (SSSR count). The Bertz CT molecular complexity index is 406. The minimum absolute atomic E-state index is 0.0683. The first-order chi connectivity index (χ1) is 6.65. The highest BCUT2D eigenvalue weighted by Gasteiger charge is 2.16. The van der Waals surface area contributed by atoms with E-state index in [2.05, 4.69) is 4.42 Å². The number of hydrogen-bond donors (Lipinski definition) is 0. The van der Waals surface area contributed by atoms with Crippen LogP contribution < -0.4 is 0 Å². The van der Waals surface area contributed by atoms with Crippen molar-refractivity contribution in [2.45, 2.75) is 0 Å². The monoisotopic (exact) mass is 212 g/mol. The quantitative estimate of drug-likeness (QED) is 0.325. The van der Waals surface area contributed by atoms with Crippen LogP contribution >= 0.6 is 11.8 Å². The predicted octanol–water partition coefficient (Wildman–Crippen LogP) is 1.58. The summed E-state index contributed by atoms with van der Waals surface area (Å²) < 4.78 is 4.63. The molecule has 0 spiro atoms. The van der Waals surface area contributed by atoms with Gasteiger partial charge in [0.1, 0.15) is 10.3 Å². The van der Waals surface area contributed by atoms with Gasteiger partial charge in [-0.3, -0.25) is 14.9 Å². The van der Waals surface area contributed by atoms with Crippen molar-refractivity contribution < 1.29 is 14.1 Å². The molecule has 0 radical (unpaired) electrons. The second kappa shape index (κ2) is 4.43. The molecule has 1 aromatic rings. The standard InChI is InChI=1S/C7H4N2O4S/c8-4-14-3-5(10)6-1-2-7(13-6)9(11)12/h1-2H,3H2. The third-order valence-electron chi connectivity index (χ3n) is 1.31. The fourth-order valence-corrected chi connectivity index (χ4v) is 1.08. The number of nitriles is 1. The van der Waals surface area contributed by atoms with Gasteiger partial charge in [0.05, 0.1) is 11.8 Å². The number of furan rings is 1. The molecular formula is C7H4N2O4S. The molecule has 0 saturated heterocycles. The molecule has 0 aliphatic heterocycles. The van der Waals surface area contributed by atoms with Gasteiger partial charge in [-0.25, -0.2) is 0 Å². The lowest BCUT2D eigenvalue weighted by Crippen LogP contribution is -1.99. The maximum Gasteiger partial charge on any atom is 0.433 e. The van der Waals surface area contributed by atoms with Crippen molar-refractivity contribution in [1.82, 2.24) is 0 Å². The van der Waals surface area contributed by atoms with Crippen molar-refractivity contribution >= 4 is 23.4 Å². The molecule has 0 saturated carbocycles. The second-order valence-electron chi connectivity index (χ2n) is 2.20. The van der Waals surface area contributed by atoms with Crippen molar-refractivity contribution in [1.29, 1.82) is 5.26 Å². The number of hydrogen-bond acceptors (Lipinski definition) is 6. The largest absolute Gasteiger partial charge is 0.433 e. The van der Waals surface area contributed by atoms with E-state index in [1.165, 1.54) is 6.07 Å². The molecule has 0 fully saturated rings. The highest BCUT2D eigenvalue weighted by atomic mass is 32.2. The Morgan fingerprint density at radius 2 is 2.43 bits per heavy atom. The molecule has 0 unspecified atom stereocenters. The highest BCUT2D eigenvalue weighted by Crippen LogP contribution is 2.17. The van der Waals surface area contributed by atoms with Crippen molar-refractivity contribution in [3.05, 3.63) is 28.0 Å². The Morgan fingerprint density at radius 1 is 1.71 bits per heavy atom. The number of carbonyl (C=O) groups is 1. The van der Waals surface area contributed by atoms with E-state index in [1.807, 2.05) is 0 Å². The summed E-state index contributed by atoms with van der Waals surface area (Å²) in [6.07, 6.45) is 0. The molecule has 72 valence electrons. The van der Waals surface area contributed by atoms with E-state index in [0.29, 0.717) is 0 Å². The van der Waals surface area contributed by atoms with E-state index in [0.717, 1.165) is 17.8 Å². The van der Waals surface area contributed by atoms with Crippen molar-refractivity contribution in [3.8, 4) is 5.40 Å². The summed E-state index contributed by atoms with van der Waals surface area (Å²) in [7, 11) is 0. The van der Waals surface area contributed by atoms with Crippen LogP contribution in [0.4, 0.5) is 5.88 Å². The number of thioether (sulfide) groups is 1. The topological polar surface area (TPSA) is 97.1 Å². The van der Waals surface area contributed by atoms with E-state index in [-0.39, 0.29) is 11.5 Å². The summed E-state index contributed by atoms with van der Waals surface area (Å²) in [5.41, 5.74) is 0. The first-order valence-corrected chi connectivity index (χ1v) is 4.42. The van der Waals surface area contributed by atoms with Gasteiger partial charge in [0.2, 0.25) is 5.78 Å².